The lowest BCUT2D eigenvalue weighted by Crippen LogP contribution is -2.07. The van der Waals surface area contributed by atoms with Gasteiger partial charge in [-0.1, -0.05) is 23.5 Å². The summed E-state index contributed by atoms with van der Waals surface area (Å²) in [5.41, 5.74) is 4.01. The van der Waals surface area contributed by atoms with Gasteiger partial charge in [-0.15, -0.1) is 0 Å². The molecule has 7 heteroatoms. The number of fused-ring (bicyclic) bond motifs is 3. The van der Waals surface area contributed by atoms with E-state index in [1.165, 1.54) is 24.3 Å². The molecule has 1 aliphatic rings. The Bertz CT molecular complexity index is 999. The van der Waals surface area contributed by atoms with E-state index < -0.39 is 0 Å². The quantitative estimate of drug-likeness (QED) is 0.761. The van der Waals surface area contributed by atoms with Crippen LogP contribution in [0.25, 0.3) is 22.0 Å². The molecule has 1 aliphatic carbocycles. The van der Waals surface area contributed by atoms with Gasteiger partial charge in [-0.25, -0.2) is 19.3 Å². The van der Waals surface area contributed by atoms with Gasteiger partial charge in [-0.05, 0) is 37.0 Å². The second kappa shape index (κ2) is 6.00. The van der Waals surface area contributed by atoms with E-state index in [2.05, 4.69) is 15.3 Å². The molecule has 3 aromatic rings. The van der Waals surface area contributed by atoms with Crippen molar-refractivity contribution in [2.45, 2.75) is 26.7 Å². The minimum atomic E-state index is -0.273. The normalized spacial score (nSPS) is 12.4. The summed E-state index contributed by atoms with van der Waals surface area (Å²) in [4.78, 5) is 25.8. The maximum Gasteiger partial charge on any atom is 0.223 e. The van der Waals surface area contributed by atoms with Crippen LogP contribution in [-0.2, 0) is 17.6 Å². The molecule has 0 saturated carbocycles. The van der Waals surface area contributed by atoms with E-state index in [1.54, 1.807) is 13.0 Å². The number of nitrogens with zero attached hydrogens (tertiary/aromatic N) is 3. The van der Waals surface area contributed by atoms with E-state index >= 15 is 0 Å². The van der Waals surface area contributed by atoms with Crippen LogP contribution in [0.2, 0.25) is 0 Å². The molecule has 0 spiro atoms. The van der Waals surface area contributed by atoms with Gasteiger partial charge in [0.05, 0.1) is 16.3 Å². The van der Waals surface area contributed by atoms with Crippen molar-refractivity contribution in [1.29, 1.82) is 0 Å². The number of rotatable bonds is 2. The van der Waals surface area contributed by atoms with Crippen molar-refractivity contribution in [2.75, 3.05) is 5.32 Å². The smallest absolute Gasteiger partial charge is 0.223 e. The second-order valence-electron chi connectivity index (χ2n) is 5.96. The first-order chi connectivity index (χ1) is 12.0. The van der Waals surface area contributed by atoms with Crippen LogP contribution in [0.4, 0.5) is 9.52 Å². The average molecular weight is 354 g/mol. The fraction of sp³-hybridized carbons (Fsp3) is 0.222. The molecule has 4 rings (SSSR count). The molecule has 1 N–H and O–H groups in total. The summed E-state index contributed by atoms with van der Waals surface area (Å²) in [5.74, 6) is 0.0772. The number of hydrogen-bond donors (Lipinski definition) is 1. The maximum absolute atomic E-state index is 13.9. The molecular weight excluding hydrogens is 339 g/mol. The lowest BCUT2D eigenvalue weighted by Gasteiger charge is -2.15. The molecule has 5 nitrogen and oxygen atoms in total. The third kappa shape index (κ3) is 2.80. The van der Waals surface area contributed by atoms with E-state index in [0.29, 0.717) is 22.1 Å². The summed E-state index contributed by atoms with van der Waals surface area (Å²) >= 11 is 1.41. The number of anilines is 1. The van der Waals surface area contributed by atoms with Crippen molar-refractivity contribution in [3.05, 3.63) is 47.0 Å². The van der Waals surface area contributed by atoms with Crippen LogP contribution in [0.5, 0.6) is 0 Å². The molecular formula is C18H15FN4OS. The highest BCUT2D eigenvalue weighted by molar-refractivity contribution is 7.19. The number of thiazole rings is 1. The minimum absolute atomic E-state index is 0.148. The predicted molar refractivity (Wildman–Crippen MR) is 95.0 cm³/mol. The Kier molecular flexibility index (Phi) is 3.80. The number of carbonyl (C=O) groups is 1. The monoisotopic (exact) mass is 354 g/mol. The average Bonchev–Trinajstić information content (AvgIpc) is 2.99. The summed E-state index contributed by atoms with van der Waals surface area (Å²) in [5, 5.41) is 3.31. The Labute approximate surface area is 148 Å². The molecule has 2 aromatic heterocycles. The van der Waals surface area contributed by atoms with Gasteiger partial charge < -0.3 is 5.32 Å². The number of nitrogens with one attached hydrogen (secondary N) is 1. The Morgan fingerprint density at radius 2 is 2.12 bits per heavy atom. The fourth-order valence-electron chi connectivity index (χ4n) is 2.93. The number of carbonyl (C=O) groups excluding carboxylic acids is 1. The Hall–Kier alpha value is -2.67. The summed E-state index contributed by atoms with van der Waals surface area (Å²) < 4.78 is 13.9. The van der Waals surface area contributed by atoms with E-state index in [-0.39, 0.29) is 11.7 Å². The molecule has 1 amide bonds. The first-order valence-corrected chi connectivity index (χ1v) is 8.73. The summed E-state index contributed by atoms with van der Waals surface area (Å²) in [6.07, 6.45) is 3.40. The van der Waals surface area contributed by atoms with Crippen LogP contribution in [0.3, 0.4) is 0 Å². The first-order valence-electron chi connectivity index (χ1n) is 7.92. The summed E-state index contributed by atoms with van der Waals surface area (Å²) in [6.45, 7) is 3.18. The minimum Gasteiger partial charge on any atom is -0.302 e. The number of benzene rings is 1. The maximum atomic E-state index is 13.9. The van der Waals surface area contributed by atoms with Crippen LogP contribution in [0.15, 0.2) is 24.4 Å². The molecule has 0 radical (unpaired) electrons. The Balaban J connectivity index is 1.82. The van der Waals surface area contributed by atoms with Gasteiger partial charge in [0.2, 0.25) is 5.91 Å². The topological polar surface area (TPSA) is 67.8 Å². The highest BCUT2D eigenvalue weighted by Gasteiger charge is 2.24. The van der Waals surface area contributed by atoms with Crippen molar-refractivity contribution in [3.8, 4) is 22.0 Å². The van der Waals surface area contributed by atoms with Crippen molar-refractivity contribution >= 4 is 22.4 Å². The van der Waals surface area contributed by atoms with Gasteiger partial charge in [0.1, 0.15) is 5.82 Å². The van der Waals surface area contributed by atoms with Crippen molar-refractivity contribution in [1.82, 2.24) is 15.0 Å². The van der Waals surface area contributed by atoms with Crippen molar-refractivity contribution < 1.29 is 9.18 Å². The highest BCUT2D eigenvalue weighted by atomic mass is 32.1. The van der Waals surface area contributed by atoms with E-state index in [0.717, 1.165) is 34.7 Å². The van der Waals surface area contributed by atoms with Crippen LogP contribution in [-0.4, -0.2) is 20.9 Å². The third-order valence-electron chi connectivity index (χ3n) is 4.20. The molecule has 2 heterocycles. The number of hydrogen-bond acceptors (Lipinski definition) is 5. The molecule has 1 aromatic carbocycles. The molecule has 126 valence electrons. The van der Waals surface area contributed by atoms with Crippen LogP contribution < -0.4 is 5.32 Å². The molecule has 25 heavy (non-hydrogen) atoms. The third-order valence-corrected chi connectivity index (χ3v) is 5.22. The number of amides is 1. The summed E-state index contributed by atoms with van der Waals surface area (Å²) in [6, 6.07) is 4.91. The lowest BCUT2D eigenvalue weighted by molar-refractivity contribution is -0.114. The largest absolute Gasteiger partial charge is 0.302 e. The number of aromatic nitrogens is 3. The van der Waals surface area contributed by atoms with E-state index in [1.807, 2.05) is 12.3 Å². The van der Waals surface area contributed by atoms with Crippen LogP contribution in [0.1, 0.15) is 23.7 Å². The van der Waals surface area contributed by atoms with Gasteiger partial charge in [0.15, 0.2) is 11.0 Å². The molecule has 0 aliphatic heterocycles. The van der Waals surface area contributed by atoms with Gasteiger partial charge in [-0.2, -0.15) is 0 Å². The molecule has 0 saturated heterocycles. The van der Waals surface area contributed by atoms with Crippen molar-refractivity contribution in [3.63, 3.8) is 0 Å². The standard InChI is InChI=1S/C18H15FN4OS/c1-9-12(4-3-5-13(9)19)17-20-8-11-6-7-14-16(15(11)23-17)25-18(22-14)21-10(2)24/h3-5,8H,6-7H2,1-2H3,(H,21,22,24). The summed E-state index contributed by atoms with van der Waals surface area (Å²) in [7, 11) is 0. The molecule has 0 bridgehead atoms. The van der Waals surface area contributed by atoms with E-state index in [4.69, 9.17) is 4.98 Å². The van der Waals surface area contributed by atoms with Gasteiger partial charge in [0.25, 0.3) is 0 Å². The molecule has 0 atom stereocenters. The SMILES string of the molecule is CC(=O)Nc1nc2c(s1)-c1nc(-c3cccc(F)c3C)ncc1CC2. The predicted octanol–water partition coefficient (Wildman–Crippen LogP) is 3.77. The second-order valence-corrected chi connectivity index (χ2v) is 6.95. The van der Waals surface area contributed by atoms with E-state index in [9.17, 15) is 9.18 Å². The van der Waals surface area contributed by atoms with Crippen molar-refractivity contribution in [2.24, 2.45) is 0 Å². The first kappa shape index (κ1) is 15.8. The highest BCUT2D eigenvalue weighted by Crippen LogP contribution is 2.39. The van der Waals surface area contributed by atoms with Crippen LogP contribution >= 0.6 is 11.3 Å². The Morgan fingerprint density at radius 1 is 1.28 bits per heavy atom. The van der Waals surface area contributed by atoms with Crippen LogP contribution in [0, 0.1) is 12.7 Å². The van der Waals surface area contributed by atoms with Gasteiger partial charge >= 0.3 is 0 Å². The molecule has 0 fully saturated rings. The molecule has 0 unspecified atom stereocenters. The lowest BCUT2D eigenvalue weighted by atomic mass is 9.99. The fourth-order valence-corrected chi connectivity index (χ4v) is 4.01. The Morgan fingerprint density at radius 3 is 2.92 bits per heavy atom. The number of halogens is 1. The zero-order valence-electron chi connectivity index (χ0n) is 13.8. The van der Waals surface area contributed by atoms with Gasteiger partial charge in [-0.3, -0.25) is 4.79 Å². The van der Waals surface area contributed by atoms with Gasteiger partial charge in [0, 0.05) is 18.7 Å². The zero-order chi connectivity index (χ0) is 17.6. The number of aryl methyl sites for hydroxylation is 2. The zero-order valence-corrected chi connectivity index (χ0v) is 14.6.